The van der Waals surface area contributed by atoms with Gasteiger partial charge in [0, 0.05) is 38.4 Å². The lowest BCUT2D eigenvalue weighted by Crippen LogP contribution is -2.41. The molecule has 2 heterocycles. The fraction of sp³-hybridized carbons (Fsp3) is 0.562. The Hall–Kier alpha value is -1.59. The molecule has 5 heteroatoms. The van der Waals surface area contributed by atoms with Gasteiger partial charge in [-0.15, -0.1) is 0 Å². The maximum absolute atomic E-state index is 12.8. The average molecular weight is 289 g/mol. The molecule has 0 radical (unpaired) electrons. The van der Waals surface area contributed by atoms with Crippen molar-refractivity contribution in [2.45, 2.75) is 12.5 Å². The van der Waals surface area contributed by atoms with Crippen LogP contribution in [0, 0.1) is 0 Å². The second kappa shape index (κ2) is 6.45. The first-order chi connectivity index (χ1) is 10.3. The van der Waals surface area contributed by atoms with Crippen LogP contribution in [0.5, 0.6) is 0 Å². The summed E-state index contributed by atoms with van der Waals surface area (Å²) in [4.78, 5) is 17.0. The number of carbonyl (C=O) groups excluding carboxylic acids is 1. The second-order valence-corrected chi connectivity index (χ2v) is 5.68. The summed E-state index contributed by atoms with van der Waals surface area (Å²) in [5.41, 5.74) is 1.83. The molecule has 2 aliphatic heterocycles. The minimum Gasteiger partial charge on any atom is -0.378 e. The number of nitrogens with one attached hydrogen (secondary N) is 1. The predicted molar refractivity (Wildman–Crippen MR) is 82.8 cm³/mol. The van der Waals surface area contributed by atoms with Crippen molar-refractivity contribution >= 4 is 11.6 Å². The number of ether oxygens (including phenoxy) is 1. The van der Waals surface area contributed by atoms with E-state index in [0.29, 0.717) is 6.04 Å². The molecule has 2 aliphatic rings. The molecule has 21 heavy (non-hydrogen) atoms. The van der Waals surface area contributed by atoms with Gasteiger partial charge in [-0.05, 0) is 25.1 Å². The minimum atomic E-state index is 0.116. The summed E-state index contributed by atoms with van der Waals surface area (Å²) in [6, 6.07) is 8.22. The Morgan fingerprint density at radius 1 is 1.33 bits per heavy atom. The monoisotopic (exact) mass is 289 g/mol. The van der Waals surface area contributed by atoms with Crippen LogP contribution in [0.25, 0.3) is 0 Å². The molecule has 3 rings (SSSR count). The fourth-order valence-corrected chi connectivity index (χ4v) is 3.06. The van der Waals surface area contributed by atoms with Crippen LogP contribution < -0.4 is 10.2 Å². The Balaban J connectivity index is 1.81. The predicted octanol–water partition coefficient (Wildman–Crippen LogP) is 0.957. The van der Waals surface area contributed by atoms with Crippen LogP contribution in [0.4, 0.5) is 5.69 Å². The van der Waals surface area contributed by atoms with E-state index in [-0.39, 0.29) is 5.91 Å². The van der Waals surface area contributed by atoms with E-state index in [2.05, 4.69) is 10.2 Å². The highest BCUT2D eigenvalue weighted by Gasteiger charge is 2.26. The van der Waals surface area contributed by atoms with Gasteiger partial charge in [0.15, 0.2) is 0 Å². The number of anilines is 1. The van der Waals surface area contributed by atoms with Crippen molar-refractivity contribution in [3.05, 3.63) is 29.8 Å². The van der Waals surface area contributed by atoms with Crippen LogP contribution in [-0.4, -0.2) is 63.3 Å². The number of likely N-dealkylation sites (N-methyl/N-ethyl adjacent to an activating group) is 1. The molecule has 0 bridgehead atoms. The summed E-state index contributed by atoms with van der Waals surface area (Å²) < 4.78 is 5.41. The van der Waals surface area contributed by atoms with Gasteiger partial charge in [-0.25, -0.2) is 0 Å². The van der Waals surface area contributed by atoms with Crippen LogP contribution in [0.1, 0.15) is 16.8 Å². The summed E-state index contributed by atoms with van der Waals surface area (Å²) in [5.74, 6) is 0.116. The van der Waals surface area contributed by atoms with Crippen molar-refractivity contribution in [2.24, 2.45) is 0 Å². The van der Waals surface area contributed by atoms with Gasteiger partial charge in [-0.2, -0.15) is 0 Å². The van der Waals surface area contributed by atoms with E-state index in [4.69, 9.17) is 4.74 Å². The van der Waals surface area contributed by atoms with Crippen LogP contribution in [-0.2, 0) is 4.74 Å². The molecule has 0 saturated carbocycles. The number of nitrogens with zero attached hydrogens (tertiary/aromatic N) is 2. The fourth-order valence-electron chi connectivity index (χ4n) is 3.06. The molecule has 0 aromatic heterocycles. The molecule has 2 saturated heterocycles. The van der Waals surface area contributed by atoms with E-state index in [0.717, 1.165) is 57.1 Å². The van der Waals surface area contributed by atoms with Crippen LogP contribution in [0.15, 0.2) is 24.3 Å². The largest absolute Gasteiger partial charge is 0.378 e. The lowest BCUT2D eigenvalue weighted by atomic mass is 10.1. The Bertz CT molecular complexity index is 494. The third-order valence-corrected chi connectivity index (χ3v) is 4.39. The lowest BCUT2D eigenvalue weighted by Gasteiger charge is -2.32. The second-order valence-electron chi connectivity index (χ2n) is 5.68. The molecule has 0 spiro atoms. The zero-order chi connectivity index (χ0) is 14.7. The van der Waals surface area contributed by atoms with Gasteiger partial charge >= 0.3 is 0 Å². The SMILES string of the molecule is CN(C(=O)c1ccccc1N1CCOCC1)[C@@H]1CCNC1. The number of para-hydroxylation sites is 1. The molecular weight excluding hydrogens is 266 g/mol. The molecular formula is C16H23N3O2. The van der Waals surface area contributed by atoms with E-state index in [1.165, 1.54) is 0 Å². The number of rotatable bonds is 3. The highest BCUT2D eigenvalue weighted by Crippen LogP contribution is 2.24. The van der Waals surface area contributed by atoms with Gasteiger partial charge in [0.05, 0.1) is 18.8 Å². The molecule has 1 N–H and O–H groups in total. The maximum atomic E-state index is 12.8. The van der Waals surface area contributed by atoms with E-state index in [9.17, 15) is 4.79 Å². The maximum Gasteiger partial charge on any atom is 0.255 e. The number of benzene rings is 1. The summed E-state index contributed by atoms with van der Waals surface area (Å²) >= 11 is 0. The van der Waals surface area contributed by atoms with Gasteiger partial charge in [0.1, 0.15) is 0 Å². The summed E-state index contributed by atoms with van der Waals surface area (Å²) in [7, 11) is 1.91. The Labute approximate surface area is 125 Å². The molecule has 0 unspecified atom stereocenters. The average Bonchev–Trinajstić information content (AvgIpc) is 3.09. The van der Waals surface area contributed by atoms with Crippen molar-refractivity contribution in [3.63, 3.8) is 0 Å². The number of hydrogen-bond donors (Lipinski definition) is 1. The Morgan fingerprint density at radius 2 is 2.10 bits per heavy atom. The quantitative estimate of drug-likeness (QED) is 0.900. The van der Waals surface area contributed by atoms with E-state index in [1.807, 2.05) is 36.2 Å². The number of carbonyl (C=O) groups is 1. The van der Waals surface area contributed by atoms with Crippen LogP contribution >= 0.6 is 0 Å². The Morgan fingerprint density at radius 3 is 2.81 bits per heavy atom. The molecule has 5 nitrogen and oxygen atoms in total. The van der Waals surface area contributed by atoms with E-state index in [1.54, 1.807) is 0 Å². The zero-order valence-electron chi connectivity index (χ0n) is 12.5. The van der Waals surface area contributed by atoms with Crippen LogP contribution in [0.2, 0.25) is 0 Å². The van der Waals surface area contributed by atoms with Gasteiger partial charge < -0.3 is 19.9 Å². The summed E-state index contributed by atoms with van der Waals surface area (Å²) in [6.45, 7) is 5.03. The van der Waals surface area contributed by atoms with E-state index >= 15 is 0 Å². The lowest BCUT2D eigenvalue weighted by molar-refractivity contribution is 0.0743. The topological polar surface area (TPSA) is 44.8 Å². The first kappa shape index (κ1) is 14.4. The molecule has 1 amide bonds. The minimum absolute atomic E-state index is 0.116. The number of hydrogen-bond acceptors (Lipinski definition) is 4. The standard InChI is InChI=1S/C16H23N3O2/c1-18(13-6-7-17-12-13)16(20)14-4-2-3-5-15(14)19-8-10-21-11-9-19/h2-5,13,17H,6-12H2,1H3/t13-/m1/s1. The molecule has 2 fully saturated rings. The molecule has 114 valence electrons. The van der Waals surface area contributed by atoms with Crippen molar-refractivity contribution < 1.29 is 9.53 Å². The summed E-state index contributed by atoms with van der Waals surface area (Å²) in [6.07, 6.45) is 1.03. The summed E-state index contributed by atoms with van der Waals surface area (Å²) in [5, 5.41) is 3.32. The van der Waals surface area contributed by atoms with Gasteiger partial charge in [-0.3, -0.25) is 4.79 Å². The van der Waals surface area contributed by atoms with Crippen LogP contribution in [0.3, 0.4) is 0 Å². The van der Waals surface area contributed by atoms with Crippen molar-refractivity contribution in [2.75, 3.05) is 51.3 Å². The third-order valence-electron chi connectivity index (χ3n) is 4.39. The number of amides is 1. The normalized spacial score (nSPS) is 22.3. The third kappa shape index (κ3) is 3.04. The number of morpholine rings is 1. The van der Waals surface area contributed by atoms with Gasteiger partial charge in [-0.1, -0.05) is 12.1 Å². The Kier molecular flexibility index (Phi) is 4.41. The highest BCUT2D eigenvalue weighted by atomic mass is 16.5. The van der Waals surface area contributed by atoms with Crippen molar-refractivity contribution in [3.8, 4) is 0 Å². The highest BCUT2D eigenvalue weighted by molar-refractivity contribution is 5.99. The van der Waals surface area contributed by atoms with Crippen molar-refractivity contribution in [1.29, 1.82) is 0 Å². The molecule has 0 aliphatic carbocycles. The molecule has 1 aromatic carbocycles. The van der Waals surface area contributed by atoms with Gasteiger partial charge in [0.25, 0.3) is 5.91 Å². The first-order valence-electron chi connectivity index (χ1n) is 7.67. The van der Waals surface area contributed by atoms with Crippen molar-refractivity contribution in [1.82, 2.24) is 10.2 Å². The zero-order valence-corrected chi connectivity index (χ0v) is 12.5. The first-order valence-corrected chi connectivity index (χ1v) is 7.67. The molecule has 1 atom stereocenters. The van der Waals surface area contributed by atoms with Gasteiger partial charge in [0.2, 0.25) is 0 Å². The molecule has 1 aromatic rings. The van der Waals surface area contributed by atoms with E-state index < -0.39 is 0 Å². The smallest absolute Gasteiger partial charge is 0.255 e.